The summed E-state index contributed by atoms with van der Waals surface area (Å²) in [5.41, 5.74) is 4.57. The quantitative estimate of drug-likeness (QED) is 0.479. The fourth-order valence-corrected chi connectivity index (χ4v) is 1.22. The topological polar surface area (TPSA) is 0 Å². The molecule has 1 aromatic rings. The molecule has 3 rings (SSSR count). The van der Waals surface area contributed by atoms with Gasteiger partial charge in [-0.3, -0.25) is 0 Å². The Morgan fingerprint density at radius 1 is 1.25 bits per heavy atom. The molecule has 0 saturated heterocycles. The van der Waals surface area contributed by atoms with Crippen molar-refractivity contribution < 1.29 is 0 Å². The number of hydrogen-bond donors (Lipinski definition) is 0. The zero-order chi connectivity index (χ0) is 5.56. The van der Waals surface area contributed by atoms with Crippen LogP contribution < -0.4 is 0 Å². The molecular formula is C8H8. The van der Waals surface area contributed by atoms with Crippen LogP contribution in [0.3, 0.4) is 0 Å². The molecule has 0 radical (unpaired) electrons. The summed E-state index contributed by atoms with van der Waals surface area (Å²) in [6, 6.07) is 6.52. The Bertz CT molecular complexity index is 203. The SMILES string of the molecule is Cc1c2cccc1C2. The van der Waals surface area contributed by atoms with Gasteiger partial charge in [0.2, 0.25) is 0 Å². The standard InChI is InChI=1S/C8H8/c1-6-7-3-2-4-8(6)5-7/h2-4H,5H2,1H3. The molecular weight excluding hydrogens is 96.1 g/mol. The summed E-state index contributed by atoms with van der Waals surface area (Å²) in [6.45, 7) is 2.19. The van der Waals surface area contributed by atoms with Crippen molar-refractivity contribution >= 4 is 0 Å². The second kappa shape index (κ2) is 1.13. The molecule has 0 heterocycles. The van der Waals surface area contributed by atoms with Crippen LogP contribution in [0.1, 0.15) is 16.7 Å². The van der Waals surface area contributed by atoms with E-state index in [9.17, 15) is 0 Å². The Labute approximate surface area is 49.2 Å². The number of hydrogen-bond acceptors (Lipinski definition) is 0. The lowest BCUT2D eigenvalue weighted by molar-refractivity contribution is 1.02. The molecule has 8 heavy (non-hydrogen) atoms. The van der Waals surface area contributed by atoms with Crippen LogP contribution in [0.25, 0.3) is 0 Å². The van der Waals surface area contributed by atoms with E-state index in [1.807, 2.05) is 0 Å². The maximum Gasteiger partial charge on any atom is -0.00203 e. The van der Waals surface area contributed by atoms with Crippen LogP contribution in [0.5, 0.6) is 0 Å². The van der Waals surface area contributed by atoms with Crippen molar-refractivity contribution in [2.24, 2.45) is 0 Å². The second-order valence-corrected chi connectivity index (χ2v) is 2.38. The Balaban J connectivity index is 2.75. The lowest BCUT2D eigenvalue weighted by Crippen LogP contribution is -2.05. The summed E-state index contributed by atoms with van der Waals surface area (Å²) in [5, 5.41) is 0. The van der Waals surface area contributed by atoms with Gasteiger partial charge in [0.25, 0.3) is 0 Å². The van der Waals surface area contributed by atoms with Gasteiger partial charge in [-0.05, 0) is 30.0 Å². The molecule has 0 amide bonds. The molecule has 0 unspecified atom stereocenters. The smallest absolute Gasteiger partial charge is 0.00203 e. The lowest BCUT2D eigenvalue weighted by atomic mass is 9.86. The van der Waals surface area contributed by atoms with Gasteiger partial charge >= 0.3 is 0 Å². The fourth-order valence-electron chi connectivity index (χ4n) is 1.22. The van der Waals surface area contributed by atoms with Gasteiger partial charge < -0.3 is 0 Å². The number of aryl methyl sites for hydroxylation is 1. The molecule has 2 bridgehead atoms. The summed E-state index contributed by atoms with van der Waals surface area (Å²) in [5.74, 6) is 0. The molecule has 0 aliphatic heterocycles. The Hall–Kier alpha value is -0.780. The van der Waals surface area contributed by atoms with Crippen molar-refractivity contribution in [2.45, 2.75) is 13.3 Å². The molecule has 0 spiro atoms. The highest BCUT2D eigenvalue weighted by Gasteiger charge is 2.12. The summed E-state index contributed by atoms with van der Waals surface area (Å²) < 4.78 is 0. The van der Waals surface area contributed by atoms with Crippen molar-refractivity contribution in [1.29, 1.82) is 0 Å². The largest absolute Gasteiger partial charge is 0.0617 e. The monoisotopic (exact) mass is 104 g/mol. The van der Waals surface area contributed by atoms with E-state index >= 15 is 0 Å². The summed E-state index contributed by atoms with van der Waals surface area (Å²) in [4.78, 5) is 0. The van der Waals surface area contributed by atoms with Crippen molar-refractivity contribution in [3.05, 3.63) is 34.9 Å². The van der Waals surface area contributed by atoms with Gasteiger partial charge in [0.1, 0.15) is 0 Å². The Morgan fingerprint density at radius 3 is 2.12 bits per heavy atom. The first-order valence-corrected chi connectivity index (χ1v) is 2.95. The number of fused-ring (bicyclic) bond motifs is 2. The minimum absolute atomic E-state index is 1.22. The molecule has 1 aromatic carbocycles. The van der Waals surface area contributed by atoms with Gasteiger partial charge in [0.15, 0.2) is 0 Å². The minimum Gasteiger partial charge on any atom is -0.0617 e. The molecule has 0 aromatic heterocycles. The molecule has 2 aliphatic rings. The van der Waals surface area contributed by atoms with Crippen LogP contribution in [0, 0.1) is 6.92 Å². The molecule has 2 aliphatic carbocycles. The first-order valence-electron chi connectivity index (χ1n) is 2.95. The van der Waals surface area contributed by atoms with Crippen LogP contribution in [-0.4, -0.2) is 0 Å². The highest BCUT2D eigenvalue weighted by molar-refractivity contribution is 5.46. The Kier molecular flexibility index (Phi) is 0.587. The van der Waals surface area contributed by atoms with Crippen molar-refractivity contribution in [3.63, 3.8) is 0 Å². The predicted octanol–water partition coefficient (Wildman–Crippen LogP) is 1.90. The minimum atomic E-state index is 1.22. The normalized spacial score (nSPS) is 13.1. The molecule has 0 fully saturated rings. The first-order chi connectivity index (χ1) is 3.88. The number of benzene rings is 1. The van der Waals surface area contributed by atoms with Gasteiger partial charge in [-0.15, -0.1) is 0 Å². The van der Waals surface area contributed by atoms with Crippen LogP contribution >= 0.6 is 0 Å². The molecule has 0 atom stereocenters. The third-order valence-electron chi connectivity index (χ3n) is 1.94. The zero-order valence-corrected chi connectivity index (χ0v) is 4.94. The van der Waals surface area contributed by atoms with Gasteiger partial charge in [0, 0.05) is 0 Å². The van der Waals surface area contributed by atoms with E-state index in [0.717, 1.165) is 0 Å². The summed E-state index contributed by atoms with van der Waals surface area (Å²) in [6.07, 6.45) is 1.22. The van der Waals surface area contributed by atoms with Gasteiger partial charge in [0.05, 0.1) is 0 Å². The van der Waals surface area contributed by atoms with E-state index in [2.05, 4.69) is 25.1 Å². The average molecular weight is 104 g/mol. The highest BCUT2D eigenvalue weighted by Crippen LogP contribution is 2.26. The van der Waals surface area contributed by atoms with E-state index < -0.39 is 0 Å². The van der Waals surface area contributed by atoms with Gasteiger partial charge in [-0.2, -0.15) is 0 Å². The van der Waals surface area contributed by atoms with E-state index in [1.54, 1.807) is 0 Å². The van der Waals surface area contributed by atoms with Crippen LogP contribution in [-0.2, 0) is 6.42 Å². The summed E-state index contributed by atoms with van der Waals surface area (Å²) in [7, 11) is 0. The third-order valence-corrected chi connectivity index (χ3v) is 1.94. The molecule has 40 valence electrons. The van der Waals surface area contributed by atoms with Crippen molar-refractivity contribution in [3.8, 4) is 0 Å². The molecule has 0 saturated carbocycles. The first kappa shape index (κ1) is 4.13. The molecule has 0 heteroatoms. The predicted molar refractivity (Wildman–Crippen MR) is 34.0 cm³/mol. The van der Waals surface area contributed by atoms with Crippen molar-refractivity contribution in [2.75, 3.05) is 0 Å². The van der Waals surface area contributed by atoms with E-state index in [1.165, 1.54) is 23.1 Å². The van der Waals surface area contributed by atoms with E-state index in [-0.39, 0.29) is 0 Å². The fraction of sp³-hybridized carbons (Fsp3) is 0.250. The van der Waals surface area contributed by atoms with Crippen LogP contribution in [0.4, 0.5) is 0 Å². The maximum absolute atomic E-state index is 2.20. The maximum atomic E-state index is 2.20. The Morgan fingerprint density at radius 2 is 1.88 bits per heavy atom. The number of rotatable bonds is 0. The lowest BCUT2D eigenvalue weighted by Gasteiger charge is -2.19. The molecule has 0 N–H and O–H groups in total. The van der Waals surface area contributed by atoms with Crippen LogP contribution in [0.2, 0.25) is 0 Å². The molecule has 0 nitrogen and oxygen atoms in total. The summed E-state index contributed by atoms with van der Waals surface area (Å²) >= 11 is 0. The average Bonchev–Trinajstić information content (AvgIpc) is 1.89. The van der Waals surface area contributed by atoms with E-state index in [0.29, 0.717) is 0 Å². The van der Waals surface area contributed by atoms with Crippen LogP contribution in [0.15, 0.2) is 18.2 Å². The van der Waals surface area contributed by atoms with E-state index in [4.69, 9.17) is 0 Å². The second-order valence-electron chi connectivity index (χ2n) is 2.38. The third kappa shape index (κ3) is 0.313. The zero-order valence-electron chi connectivity index (χ0n) is 4.94. The highest BCUT2D eigenvalue weighted by atomic mass is 14.2. The van der Waals surface area contributed by atoms with Crippen molar-refractivity contribution in [1.82, 2.24) is 0 Å². The van der Waals surface area contributed by atoms with Gasteiger partial charge in [-0.1, -0.05) is 18.2 Å². The van der Waals surface area contributed by atoms with Gasteiger partial charge in [-0.25, -0.2) is 0 Å².